The largest absolute Gasteiger partial charge is 0.508 e. The Morgan fingerprint density at radius 1 is 1.37 bits per heavy atom. The number of ether oxygens (including phenoxy) is 1. The SMILES string of the molecule is COc1ccc(O)c(CNCC2CCN(C)CC2)c1. The first kappa shape index (κ1) is 14.2. The summed E-state index contributed by atoms with van der Waals surface area (Å²) in [5, 5.41) is 13.2. The average molecular weight is 264 g/mol. The maximum Gasteiger partial charge on any atom is 0.120 e. The van der Waals surface area contributed by atoms with E-state index in [0.29, 0.717) is 12.3 Å². The second-order valence-electron chi connectivity index (χ2n) is 5.37. The first-order valence-corrected chi connectivity index (χ1v) is 6.94. The molecule has 1 saturated heterocycles. The van der Waals surface area contributed by atoms with Crippen LogP contribution < -0.4 is 10.1 Å². The zero-order chi connectivity index (χ0) is 13.7. The van der Waals surface area contributed by atoms with Crippen LogP contribution in [0.5, 0.6) is 11.5 Å². The molecular formula is C15H24N2O2. The van der Waals surface area contributed by atoms with E-state index in [-0.39, 0.29) is 0 Å². The summed E-state index contributed by atoms with van der Waals surface area (Å²) in [6, 6.07) is 5.35. The van der Waals surface area contributed by atoms with Crippen LogP contribution in [0.2, 0.25) is 0 Å². The third kappa shape index (κ3) is 4.11. The van der Waals surface area contributed by atoms with Crippen LogP contribution in [0.4, 0.5) is 0 Å². The van der Waals surface area contributed by atoms with Crippen molar-refractivity contribution < 1.29 is 9.84 Å². The highest BCUT2D eigenvalue weighted by Crippen LogP contribution is 2.23. The summed E-state index contributed by atoms with van der Waals surface area (Å²) in [6.45, 7) is 4.09. The summed E-state index contributed by atoms with van der Waals surface area (Å²) in [5.41, 5.74) is 0.896. The van der Waals surface area contributed by atoms with Gasteiger partial charge in [0.25, 0.3) is 0 Å². The van der Waals surface area contributed by atoms with E-state index < -0.39 is 0 Å². The van der Waals surface area contributed by atoms with E-state index >= 15 is 0 Å². The van der Waals surface area contributed by atoms with Gasteiger partial charge in [-0.15, -0.1) is 0 Å². The van der Waals surface area contributed by atoms with Crippen molar-refractivity contribution in [2.24, 2.45) is 5.92 Å². The molecule has 4 nitrogen and oxygen atoms in total. The number of nitrogens with zero attached hydrogens (tertiary/aromatic N) is 1. The lowest BCUT2D eigenvalue weighted by molar-refractivity contribution is 0.216. The minimum atomic E-state index is 0.330. The molecule has 2 rings (SSSR count). The fourth-order valence-corrected chi connectivity index (χ4v) is 2.51. The number of hydrogen-bond acceptors (Lipinski definition) is 4. The fourth-order valence-electron chi connectivity index (χ4n) is 2.51. The number of aromatic hydroxyl groups is 1. The van der Waals surface area contributed by atoms with E-state index in [1.165, 1.54) is 25.9 Å². The molecule has 0 unspecified atom stereocenters. The number of likely N-dealkylation sites (tertiary alicyclic amines) is 1. The van der Waals surface area contributed by atoms with Gasteiger partial charge in [-0.25, -0.2) is 0 Å². The highest BCUT2D eigenvalue weighted by molar-refractivity contribution is 5.39. The van der Waals surface area contributed by atoms with Crippen LogP contribution in [0.25, 0.3) is 0 Å². The molecule has 0 aromatic heterocycles. The molecule has 1 aliphatic rings. The van der Waals surface area contributed by atoms with Crippen LogP contribution in [0.15, 0.2) is 18.2 Å². The van der Waals surface area contributed by atoms with Gasteiger partial charge < -0.3 is 20.1 Å². The van der Waals surface area contributed by atoms with Gasteiger partial charge >= 0.3 is 0 Å². The number of rotatable bonds is 5. The zero-order valence-corrected chi connectivity index (χ0v) is 11.9. The summed E-state index contributed by atoms with van der Waals surface area (Å²) < 4.78 is 5.17. The molecule has 19 heavy (non-hydrogen) atoms. The van der Waals surface area contributed by atoms with Gasteiger partial charge in [0.2, 0.25) is 0 Å². The summed E-state index contributed by atoms with van der Waals surface area (Å²) in [7, 11) is 3.82. The molecular weight excluding hydrogens is 240 g/mol. The minimum absolute atomic E-state index is 0.330. The number of nitrogens with one attached hydrogen (secondary N) is 1. The van der Waals surface area contributed by atoms with Gasteiger partial charge in [-0.1, -0.05) is 0 Å². The third-order valence-corrected chi connectivity index (χ3v) is 3.87. The van der Waals surface area contributed by atoms with Crippen molar-refractivity contribution in [2.45, 2.75) is 19.4 Å². The second-order valence-corrected chi connectivity index (χ2v) is 5.37. The molecule has 0 atom stereocenters. The Balaban J connectivity index is 1.79. The lowest BCUT2D eigenvalue weighted by atomic mass is 9.97. The van der Waals surface area contributed by atoms with Crippen LogP contribution in [-0.4, -0.2) is 43.8 Å². The summed E-state index contributed by atoms with van der Waals surface area (Å²) in [5.74, 6) is 1.87. The predicted octanol–water partition coefficient (Wildman–Crippen LogP) is 1.83. The van der Waals surface area contributed by atoms with Gasteiger partial charge in [0, 0.05) is 12.1 Å². The number of hydrogen-bond donors (Lipinski definition) is 2. The van der Waals surface area contributed by atoms with Crippen molar-refractivity contribution in [1.82, 2.24) is 10.2 Å². The maximum atomic E-state index is 9.80. The molecule has 1 heterocycles. The third-order valence-electron chi connectivity index (χ3n) is 3.87. The van der Waals surface area contributed by atoms with E-state index in [4.69, 9.17) is 4.74 Å². The van der Waals surface area contributed by atoms with E-state index in [2.05, 4.69) is 17.3 Å². The molecule has 0 aliphatic carbocycles. The Labute approximate surface area is 115 Å². The normalized spacial score (nSPS) is 17.6. The number of phenols is 1. The Hall–Kier alpha value is -1.26. The zero-order valence-electron chi connectivity index (χ0n) is 11.9. The predicted molar refractivity (Wildman–Crippen MR) is 76.6 cm³/mol. The minimum Gasteiger partial charge on any atom is -0.508 e. The first-order valence-electron chi connectivity index (χ1n) is 6.94. The summed E-state index contributed by atoms with van der Waals surface area (Å²) in [6.07, 6.45) is 2.52. The van der Waals surface area contributed by atoms with Crippen molar-refractivity contribution in [3.8, 4) is 11.5 Å². The van der Waals surface area contributed by atoms with Crippen molar-refractivity contribution in [1.29, 1.82) is 0 Å². The van der Waals surface area contributed by atoms with Crippen molar-refractivity contribution in [2.75, 3.05) is 33.8 Å². The summed E-state index contributed by atoms with van der Waals surface area (Å²) >= 11 is 0. The lowest BCUT2D eigenvalue weighted by Crippen LogP contribution is -2.34. The van der Waals surface area contributed by atoms with Crippen molar-refractivity contribution in [3.05, 3.63) is 23.8 Å². The van der Waals surface area contributed by atoms with Crippen LogP contribution in [0, 0.1) is 5.92 Å². The molecule has 0 spiro atoms. The fraction of sp³-hybridized carbons (Fsp3) is 0.600. The standard InChI is InChI=1S/C15H24N2O2/c1-17-7-5-12(6-8-17)10-16-11-13-9-14(19-2)3-4-15(13)18/h3-4,9,12,16,18H,5-8,10-11H2,1-2H3. The molecule has 0 saturated carbocycles. The number of piperidine rings is 1. The van der Waals surface area contributed by atoms with Crippen LogP contribution >= 0.6 is 0 Å². The van der Waals surface area contributed by atoms with E-state index in [0.717, 1.165) is 23.8 Å². The molecule has 0 bridgehead atoms. The topological polar surface area (TPSA) is 44.7 Å². The van der Waals surface area contributed by atoms with Gasteiger partial charge in [0.05, 0.1) is 7.11 Å². The Bertz CT molecular complexity index is 401. The molecule has 4 heteroatoms. The molecule has 0 radical (unpaired) electrons. The molecule has 1 fully saturated rings. The molecule has 2 N–H and O–H groups in total. The average Bonchev–Trinajstić information content (AvgIpc) is 2.43. The van der Waals surface area contributed by atoms with Gasteiger partial charge in [0.1, 0.15) is 11.5 Å². The number of phenolic OH excluding ortho intramolecular Hbond substituents is 1. The van der Waals surface area contributed by atoms with Gasteiger partial charge in [0.15, 0.2) is 0 Å². The highest BCUT2D eigenvalue weighted by Gasteiger charge is 2.16. The van der Waals surface area contributed by atoms with E-state index in [1.807, 2.05) is 6.07 Å². The summed E-state index contributed by atoms with van der Waals surface area (Å²) in [4.78, 5) is 2.38. The van der Waals surface area contributed by atoms with Crippen LogP contribution in [0.1, 0.15) is 18.4 Å². The highest BCUT2D eigenvalue weighted by atomic mass is 16.5. The van der Waals surface area contributed by atoms with Crippen molar-refractivity contribution in [3.63, 3.8) is 0 Å². The van der Waals surface area contributed by atoms with Crippen LogP contribution in [0.3, 0.4) is 0 Å². The number of benzene rings is 1. The Kier molecular flexibility index (Phi) is 5.05. The molecule has 1 aromatic carbocycles. The van der Waals surface area contributed by atoms with Gasteiger partial charge in [-0.05, 0) is 63.6 Å². The smallest absolute Gasteiger partial charge is 0.120 e. The van der Waals surface area contributed by atoms with E-state index in [1.54, 1.807) is 19.2 Å². The monoisotopic (exact) mass is 264 g/mol. The molecule has 1 aliphatic heterocycles. The number of methoxy groups -OCH3 is 1. The van der Waals surface area contributed by atoms with Gasteiger partial charge in [-0.3, -0.25) is 0 Å². The maximum absolute atomic E-state index is 9.80. The lowest BCUT2D eigenvalue weighted by Gasteiger charge is -2.29. The molecule has 0 amide bonds. The Morgan fingerprint density at radius 3 is 2.79 bits per heavy atom. The quantitative estimate of drug-likeness (QED) is 0.851. The van der Waals surface area contributed by atoms with Gasteiger partial charge in [-0.2, -0.15) is 0 Å². The second kappa shape index (κ2) is 6.78. The first-order chi connectivity index (χ1) is 9.19. The Morgan fingerprint density at radius 2 is 2.11 bits per heavy atom. The van der Waals surface area contributed by atoms with E-state index in [9.17, 15) is 5.11 Å². The molecule has 1 aromatic rings. The van der Waals surface area contributed by atoms with Crippen LogP contribution in [-0.2, 0) is 6.54 Å². The van der Waals surface area contributed by atoms with Crippen molar-refractivity contribution >= 4 is 0 Å². The molecule has 106 valence electrons.